The van der Waals surface area contributed by atoms with Crippen LogP contribution in [0.3, 0.4) is 0 Å². The van der Waals surface area contributed by atoms with Gasteiger partial charge >= 0.3 is 0 Å². The molecule has 0 unspecified atom stereocenters. The molecule has 0 atom stereocenters. The molecule has 0 aliphatic carbocycles. The largest absolute Gasteiger partial charge is 0.440 e. The summed E-state index contributed by atoms with van der Waals surface area (Å²) >= 11 is 1.57. The van der Waals surface area contributed by atoms with Crippen molar-refractivity contribution in [2.75, 3.05) is 5.32 Å². The summed E-state index contributed by atoms with van der Waals surface area (Å²) in [5.41, 5.74) is 3.75. The van der Waals surface area contributed by atoms with Gasteiger partial charge in [-0.15, -0.1) is 11.3 Å². The number of nitrogens with one attached hydrogen (secondary N) is 1. The van der Waals surface area contributed by atoms with Crippen molar-refractivity contribution in [3.8, 4) is 10.8 Å². The number of hydrogen-bond acceptors (Lipinski definition) is 4. The first kappa shape index (κ1) is 15.5. The lowest BCUT2D eigenvalue weighted by Crippen LogP contribution is -2.16. The third kappa shape index (κ3) is 3.35. The zero-order valence-corrected chi connectivity index (χ0v) is 14.2. The number of carbonyl (C=O) groups excluding carboxylic acids is 1. The van der Waals surface area contributed by atoms with Crippen molar-refractivity contribution in [2.45, 2.75) is 27.2 Å². The summed E-state index contributed by atoms with van der Waals surface area (Å²) in [7, 11) is 0. The van der Waals surface area contributed by atoms with Gasteiger partial charge in [0.2, 0.25) is 11.8 Å². The number of hydrogen-bond donors (Lipinski definition) is 1. The van der Waals surface area contributed by atoms with E-state index in [9.17, 15) is 4.79 Å². The molecule has 5 heteroatoms. The number of nitrogens with zero attached hydrogens (tertiary/aromatic N) is 1. The van der Waals surface area contributed by atoms with Gasteiger partial charge in [-0.2, -0.15) is 0 Å². The van der Waals surface area contributed by atoms with E-state index in [1.807, 2.05) is 56.5 Å². The Labute approximate surface area is 139 Å². The highest BCUT2D eigenvalue weighted by Crippen LogP contribution is 2.26. The topological polar surface area (TPSA) is 55.1 Å². The lowest BCUT2D eigenvalue weighted by atomic mass is 10.1. The van der Waals surface area contributed by atoms with E-state index in [1.165, 1.54) is 0 Å². The molecular formula is C18H18N2O2S. The Bertz CT molecular complexity index is 835. The van der Waals surface area contributed by atoms with Gasteiger partial charge in [0.05, 0.1) is 17.0 Å². The molecular weight excluding hydrogens is 308 g/mol. The minimum atomic E-state index is -0.0900. The summed E-state index contributed by atoms with van der Waals surface area (Å²) in [6.45, 7) is 5.87. The number of amides is 1. The molecule has 0 fully saturated rings. The van der Waals surface area contributed by atoms with Gasteiger partial charge in [0, 0.05) is 5.69 Å². The Balaban J connectivity index is 1.74. The predicted molar refractivity (Wildman–Crippen MR) is 92.8 cm³/mol. The van der Waals surface area contributed by atoms with Crippen LogP contribution in [0.4, 0.5) is 5.69 Å². The number of aryl methyl sites for hydroxylation is 2. The maximum Gasteiger partial charge on any atom is 0.236 e. The minimum Gasteiger partial charge on any atom is -0.440 e. The number of thiophene rings is 1. The van der Waals surface area contributed by atoms with Crippen molar-refractivity contribution in [2.24, 2.45) is 0 Å². The molecule has 1 amide bonds. The maximum atomic E-state index is 12.3. The van der Waals surface area contributed by atoms with E-state index < -0.39 is 0 Å². The average molecular weight is 326 g/mol. The number of aromatic nitrogens is 1. The fraction of sp³-hybridized carbons (Fsp3) is 0.222. The minimum absolute atomic E-state index is 0.0900. The molecule has 3 aromatic rings. The summed E-state index contributed by atoms with van der Waals surface area (Å²) in [4.78, 5) is 17.7. The fourth-order valence-electron chi connectivity index (χ4n) is 2.33. The van der Waals surface area contributed by atoms with Crippen LogP contribution in [0.5, 0.6) is 0 Å². The second-order valence-corrected chi connectivity index (χ2v) is 6.42. The first-order chi connectivity index (χ1) is 11.0. The van der Waals surface area contributed by atoms with Gasteiger partial charge in [-0.3, -0.25) is 4.79 Å². The highest BCUT2D eigenvalue weighted by Gasteiger charge is 2.15. The average Bonchev–Trinajstić information content (AvgIpc) is 3.14. The van der Waals surface area contributed by atoms with Crippen LogP contribution in [0.25, 0.3) is 10.8 Å². The van der Waals surface area contributed by atoms with Crippen molar-refractivity contribution in [3.63, 3.8) is 0 Å². The van der Waals surface area contributed by atoms with Gasteiger partial charge in [-0.25, -0.2) is 4.98 Å². The second-order valence-electron chi connectivity index (χ2n) is 5.47. The first-order valence-corrected chi connectivity index (χ1v) is 8.29. The van der Waals surface area contributed by atoms with Crippen LogP contribution in [0.15, 0.2) is 40.1 Å². The molecule has 0 bridgehead atoms. The molecule has 0 spiro atoms. The van der Waals surface area contributed by atoms with Crippen LogP contribution in [0.1, 0.15) is 22.6 Å². The standard InChI is InChI=1S/C18H18N2O2S/c1-11-6-4-7-14(12(11)2)19-17(21)10-15-13(3)22-18(20-15)16-8-5-9-23-16/h4-9H,10H2,1-3H3,(H,19,21). The molecule has 3 rings (SSSR count). The summed E-state index contributed by atoms with van der Waals surface area (Å²) < 4.78 is 5.67. The Kier molecular flexibility index (Phi) is 4.30. The van der Waals surface area contributed by atoms with E-state index in [0.29, 0.717) is 17.3 Å². The molecule has 1 aromatic carbocycles. The SMILES string of the molecule is Cc1cccc(NC(=O)Cc2nc(-c3cccs3)oc2C)c1C. The molecule has 2 heterocycles. The number of anilines is 1. The second kappa shape index (κ2) is 6.38. The third-order valence-electron chi connectivity index (χ3n) is 3.83. The summed E-state index contributed by atoms with van der Waals surface area (Å²) in [5.74, 6) is 1.17. The first-order valence-electron chi connectivity index (χ1n) is 7.41. The molecule has 118 valence electrons. The highest BCUT2D eigenvalue weighted by molar-refractivity contribution is 7.13. The van der Waals surface area contributed by atoms with Crippen LogP contribution < -0.4 is 5.32 Å². The zero-order valence-electron chi connectivity index (χ0n) is 13.3. The normalized spacial score (nSPS) is 10.7. The Morgan fingerprint density at radius 1 is 1.22 bits per heavy atom. The molecule has 4 nitrogen and oxygen atoms in total. The molecule has 23 heavy (non-hydrogen) atoms. The van der Waals surface area contributed by atoms with Crippen LogP contribution in [-0.4, -0.2) is 10.9 Å². The smallest absolute Gasteiger partial charge is 0.236 e. The van der Waals surface area contributed by atoms with Crippen LogP contribution in [0, 0.1) is 20.8 Å². The lowest BCUT2D eigenvalue weighted by molar-refractivity contribution is -0.115. The Morgan fingerprint density at radius 2 is 2.04 bits per heavy atom. The van der Waals surface area contributed by atoms with Crippen molar-refractivity contribution >= 4 is 22.9 Å². The van der Waals surface area contributed by atoms with E-state index >= 15 is 0 Å². The Morgan fingerprint density at radius 3 is 2.78 bits per heavy atom. The Hall–Kier alpha value is -2.40. The number of benzene rings is 1. The lowest BCUT2D eigenvalue weighted by Gasteiger charge is -2.09. The molecule has 1 N–H and O–H groups in total. The van der Waals surface area contributed by atoms with E-state index in [1.54, 1.807) is 11.3 Å². The van der Waals surface area contributed by atoms with Crippen molar-refractivity contribution in [1.82, 2.24) is 4.98 Å². The van der Waals surface area contributed by atoms with Crippen LogP contribution in [-0.2, 0) is 11.2 Å². The molecule has 0 aliphatic rings. The molecule has 0 aliphatic heterocycles. The van der Waals surface area contributed by atoms with Gasteiger partial charge in [-0.1, -0.05) is 18.2 Å². The van der Waals surface area contributed by atoms with E-state index in [0.717, 1.165) is 21.7 Å². The van der Waals surface area contributed by atoms with Crippen molar-refractivity contribution in [1.29, 1.82) is 0 Å². The highest BCUT2D eigenvalue weighted by atomic mass is 32.1. The van der Waals surface area contributed by atoms with Crippen LogP contribution in [0.2, 0.25) is 0 Å². The fourth-order valence-corrected chi connectivity index (χ4v) is 2.98. The summed E-state index contributed by atoms with van der Waals surface area (Å²) in [6.07, 6.45) is 0.202. The quantitative estimate of drug-likeness (QED) is 0.767. The van der Waals surface area contributed by atoms with E-state index in [2.05, 4.69) is 10.3 Å². The summed E-state index contributed by atoms with van der Waals surface area (Å²) in [5, 5.41) is 4.93. The summed E-state index contributed by atoms with van der Waals surface area (Å²) in [6, 6.07) is 9.78. The van der Waals surface area contributed by atoms with Gasteiger partial charge in [-0.05, 0) is 49.4 Å². The molecule has 2 aromatic heterocycles. The number of carbonyl (C=O) groups is 1. The zero-order chi connectivity index (χ0) is 16.4. The van der Waals surface area contributed by atoms with E-state index in [-0.39, 0.29) is 12.3 Å². The molecule has 0 saturated heterocycles. The predicted octanol–water partition coefficient (Wildman–Crippen LogP) is 4.51. The van der Waals surface area contributed by atoms with Gasteiger partial charge in [0.15, 0.2) is 0 Å². The van der Waals surface area contributed by atoms with Crippen molar-refractivity contribution < 1.29 is 9.21 Å². The third-order valence-corrected chi connectivity index (χ3v) is 4.69. The van der Waals surface area contributed by atoms with Gasteiger partial charge in [0.1, 0.15) is 5.76 Å². The van der Waals surface area contributed by atoms with Gasteiger partial charge in [0.25, 0.3) is 0 Å². The van der Waals surface area contributed by atoms with Gasteiger partial charge < -0.3 is 9.73 Å². The van der Waals surface area contributed by atoms with Crippen molar-refractivity contribution in [3.05, 3.63) is 58.3 Å². The number of rotatable bonds is 4. The maximum absolute atomic E-state index is 12.3. The van der Waals surface area contributed by atoms with E-state index in [4.69, 9.17) is 4.42 Å². The molecule has 0 radical (unpaired) electrons. The van der Waals surface area contributed by atoms with Crippen LogP contribution >= 0.6 is 11.3 Å². The molecule has 0 saturated carbocycles. The monoisotopic (exact) mass is 326 g/mol. The number of oxazole rings is 1.